The number of nitrogens with one attached hydrogen (secondary N) is 1. The quantitative estimate of drug-likeness (QED) is 0.244. The topological polar surface area (TPSA) is 102 Å². The Bertz CT molecular complexity index is 1050. The molecule has 1 atom stereocenters. The second-order valence-electron chi connectivity index (χ2n) is 7.34. The lowest BCUT2D eigenvalue weighted by Crippen LogP contribution is -2.15. The number of aliphatic carboxylic acids is 1. The molecule has 6 nitrogen and oxygen atoms in total. The molecule has 0 saturated carbocycles. The normalized spacial score (nSPS) is 14.3. The summed E-state index contributed by atoms with van der Waals surface area (Å²) in [6.07, 6.45) is 6.97. The number of carbonyl (C=O) groups is 1. The fourth-order valence-corrected chi connectivity index (χ4v) is 3.30. The number of carboxylic acid groups (broad SMARTS) is 1. The van der Waals surface area contributed by atoms with E-state index in [1.54, 1.807) is 45.9 Å². The third-order valence-electron chi connectivity index (χ3n) is 4.64. The zero-order valence-electron chi connectivity index (χ0n) is 19.3. The molecule has 0 heterocycles. The summed E-state index contributed by atoms with van der Waals surface area (Å²) >= 11 is 0. The van der Waals surface area contributed by atoms with Crippen molar-refractivity contribution in [2.45, 2.75) is 34.6 Å². The molecule has 0 saturated heterocycles. The lowest BCUT2D eigenvalue weighted by Gasteiger charge is -2.10. The van der Waals surface area contributed by atoms with Gasteiger partial charge in [-0.3, -0.25) is 0 Å². The summed E-state index contributed by atoms with van der Waals surface area (Å²) in [4.78, 5) is 11.6. The molecule has 0 aliphatic carbocycles. The van der Waals surface area contributed by atoms with E-state index < -0.39 is 17.0 Å². The highest BCUT2D eigenvalue weighted by Gasteiger charge is 2.09. The molecule has 1 unspecified atom stereocenters. The highest BCUT2D eigenvalue weighted by atomic mass is 32.2. The smallest absolute Gasteiger partial charge is 0.335 e. The lowest BCUT2D eigenvalue weighted by atomic mass is 10.0. The van der Waals surface area contributed by atoms with E-state index in [0.717, 1.165) is 11.1 Å². The van der Waals surface area contributed by atoms with Crippen LogP contribution >= 0.6 is 0 Å². The van der Waals surface area contributed by atoms with E-state index in [9.17, 15) is 9.00 Å². The van der Waals surface area contributed by atoms with Crippen LogP contribution in [-0.4, -0.2) is 21.9 Å². The van der Waals surface area contributed by atoms with E-state index in [1.165, 1.54) is 0 Å². The van der Waals surface area contributed by atoms with Crippen LogP contribution in [-0.2, 0) is 15.8 Å². The number of allylic oxidation sites excluding steroid dienone is 6. The summed E-state index contributed by atoms with van der Waals surface area (Å²) in [7, 11) is -1.48. The number of nitrogens with two attached hydrogens (primary N) is 1. The molecule has 1 rings (SSSR count). The molecular weight excluding hydrogens is 424 g/mol. The summed E-state index contributed by atoms with van der Waals surface area (Å²) in [6, 6.07) is 5.61. The number of hydrogen-bond donors (Lipinski definition) is 3. The Balaban J connectivity index is 2.83. The predicted octanol–water partition coefficient (Wildman–Crippen LogP) is 5.11. The van der Waals surface area contributed by atoms with Crippen LogP contribution in [0.1, 0.15) is 33.3 Å². The van der Waals surface area contributed by atoms with Crippen molar-refractivity contribution in [3.8, 4) is 5.75 Å². The predicted molar refractivity (Wildman–Crippen MR) is 133 cm³/mol. The van der Waals surface area contributed by atoms with Crippen molar-refractivity contribution in [2.75, 3.05) is 12.3 Å². The number of aryl methyl sites for hydroxylation is 1. The maximum atomic E-state index is 12.6. The van der Waals surface area contributed by atoms with Gasteiger partial charge in [-0.25, -0.2) is 9.00 Å². The van der Waals surface area contributed by atoms with E-state index in [2.05, 4.69) is 17.9 Å². The third-order valence-corrected chi connectivity index (χ3v) is 5.85. The van der Waals surface area contributed by atoms with Crippen molar-refractivity contribution in [1.82, 2.24) is 4.72 Å². The SMILES string of the molecule is C=C/C(=C\C=C(/C)NS(=O)/C(C)=C/C(C)=C(/C)C(=C)C(=O)O)COc1ccc(C)cc1N. The second-order valence-corrected chi connectivity index (χ2v) is 8.73. The van der Waals surface area contributed by atoms with Gasteiger partial charge in [-0.1, -0.05) is 31.4 Å². The van der Waals surface area contributed by atoms with Crippen molar-refractivity contribution in [1.29, 1.82) is 0 Å². The van der Waals surface area contributed by atoms with Gasteiger partial charge < -0.3 is 20.3 Å². The Labute approximate surface area is 193 Å². The Hall–Kier alpha value is -3.32. The van der Waals surface area contributed by atoms with Gasteiger partial charge in [0.15, 0.2) is 0 Å². The number of anilines is 1. The van der Waals surface area contributed by atoms with Gasteiger partial charge in [0.05, 0.1) is 11.3 Å². The molecule has 172 valence electrons. The van der Waals surface area contributed by atoms with Crippen molar-refractivity contribution < 1.29 is 18.8 Å². The van der Waals surface area contributed by atoms with Crippen LogP contribution in [0.5, 0.6) is 5.75 Å². The molecule has 0 aromatic heterocycles. The average molecular weight is 457 g/mol. The van der Waals surface area contributed by atoms with Crippen molar-refractivity contribution in [2.24, 2.45) is 0 Å². The largest absolute Gasteiger partial charge is 0.487 e. The van der Waals surface area contributed by atoms with Crippen LogP contribution in [0.2, 0.25) is 0 Å². The maximum absolute atomic E-state index is 12.6. The molecule has 0 aliphatic rings. The lowest BCUT2D eigenvalue weighted by molar-refractivity contribution is -0.132. The van der Waals surface area contributed by atoms with Crippen LogP contribution in [0.4, 0.5) is 5.69 Å². The highest BCUT2D eigenvalue weighted by Crippen LogP contribution is 2.22. The van der Waals surface area contributed by atoms with E-state index in [1.807, 2.05) is 31.2 Å². The van der Waals surface area contributed by atoms with E-state index in [0.29, 0.717) is 39.8 Å². The van der Waals surface area contributed by atoms with Crippen LogP contribution in [0.25, 0.3) is 0 Å². The van der Waals surface area contributed by atoms with E-state index >= 15 is 0 Å². The molecule has 0 radical (unpaired) electrons. The Morgan fingerprint density at radius 3 is 2.47 bits per heavy atom. The molecule has 0 bridgehead atoms. The Morgan fingerprint density at radius 1 is 1.25 bits per heavy atom. The standard InChI is InChI=1S/C25H32N2O4S/c1-8-22(15-31-24-12-9-16(2)13-23(24)26)11-10-18(4)27-32(30)19(5)14-17(3)20(6)21(7)25(28)29/h8-14,27H,1,7,15,26H2,2-6H3,(H,28,29)/b18-10+,19-14+,20-17-,22-11+. The first-order chi connectivity index (χ1) is 15.0. The minimum absolute atomic E-state index is 0.0121. The monoisotopic (exact) mass is 456 g/mol. The van der Waals surface area contributed by atoms with Gasteiger partial charge in [0, 0.05) is 10.6 Å². The zero-order valence-corrected chi connectivity index (χ0v) is 20.1. The molecular formula is C25H32N2O4S. The number of rotatable bonds is 11. The number of hydrogen-bond acceptors (Lipinski definition) is 4. The molecule has 32 heavy (non-hydrogen) atoms. The Kier molecular flexibility index (Phi) is 10.4. The van der Waals surface area contributed by atoms with Crippen LogP contribution < -0.4 is 15.2 Å². The fourth-order valence-electron chi connectivity index (χ4n) is 2.49. The van der Waals surface area contributed by atoms with Gasteiger partial charge in [0.2, 0.25) is 0 Å². The van der Waals surface area contributed by atoms with Gasteiger partial charge in [0.1, 0.15) is 23.3 Å². The molecule has 4 N–H and O–H groups in total. The summed E-state index contributed by atoms with van der Waals surface area (Å²) in [5.41, 5.74) is 10.3. The first kappa shape index (κ1) is 26.7. The molecule has 7 heteroatoms. The van der Waals surface area contributed by atoms with Crippen molar-refractivity contribution in [3.05, 3.63) is 94.1 Å². The molecule has 0 aliphatic heterocycles. The summed E-state index contributed by atoms with van der Waals surface area (Å²) in [5, 5.41) is 9.05. The van der Waals surface area contributed by atoms with Crippen molar-refractivity contribution >= 4 is 22.6 Å². The summed E-state index contributed by atoms with van der Waals surface area (Å²) in [5.74, 6) is -0.474. The number of carboxylic acids is 1. The van der Waals surface area contributed by atoms with E-state index in [-0.39, 0.29) is 5.57 Å². The summed E-state index contributed by atoms with van der Waals surface area (Å²) < 4.78 is 21.2. The highest BCUT2D eigenvalue weighted by molar-refractivity contribution is 7.87. The fraction of sp³-hybridized carbons (Fsp3) is 0.240. The maximum Gasteiger partial charge on any atom is 0.335 e. The second kappa shape index (κ2) is 12.5. The van der Waals surface area contributed by atoms with Crippen LogP contribution in [0.15, 0.2) is 88.6 Å². The average Bonchev–Trinajstić information content (AvgIpc) is 2.73. The van der Waals surface area contributed by atoms with Gasteiger partial charge in [-0.15, -0.1) is 0 Å². The minimum Gasteiger partial charge on any atom is -0.487 e. The number of ether oxygens (including phenoxy) is 1. The molecule has 0 fully saturated rings. The van der Waals surface area contributed by atoms with Gasteiger partial charge in [-0.05, 0) is 81.2 Å². The van der Waals surface area contributed by atoms with Gasteiger partial charge in [0.25, 0.3) is 0 Å². The molecule has 1 aromatic rings. The Morgan fingerprint density at radius 2 is 1.91 bits per heavy atom. The van der Waals surface area contributed by atoms with Crippen LogP contribution in [0, 0.1) is 6.92 Å². The van der Waals surface area contributed by atoms with Gasteiger partial charge >= 0.3 is 5.97 Å². The third kappa shape index (κ3) is 8.43. The molecule has 0 spiro atoms. The molecule has 0 amide bonds. The number of nitrogen functional groups attached to an aromatic ring is 1. The first-order valence-electron chi connectivity index (χ1n) is 9.91. The van der Waals surface area contributed by atoms with Crippen LogP contribution in [0.3, 0.4) is 0 Å². The number of benzene rings is 1. The zero-order chi connectivity index (χ0) is 24.4. The summed E-state index contributed by atoms with van der Waals surface area (Å²) in [6.45, 7) is 16.5. The van der Waals surface area contributed by atoms with Gasteiger partial charge in [-0.2, -0.15) is 0 Å². The van der Waals surface area contributed by atoms with Crippen molar-refractivity contribution in [3.63, 3.8) is 0 Å². The molecule has 1 aromatic carbocycles. The minimum atomic E-state index is -1.48. The first-order valence-corrected chi connectivity index (χ1v) is 11.1. The van der Waals surface area contributed by atoms with E-state index in [4.69, 9.17) is 15.6 Å².